The zero-order valence-corrected chi connectivity index (χ0v) is 18.4. The van der Waals surface area contributed by atoms with Gasteiger partial charge in [-0.05, 0) is 87.3 Å². The molecular weight excluding hydrogens is 352 g/mol. The third kappa shape index (κ3) is 3.79. The highest BCUT2D eigenvalue weighted by Crippen LogP contribution is 2.55. The van der Waals surface area contributed by atoms with Crippen molar-refractivity contribution in [3.05, 3.63) is 58.7 Å². The number of rotatable bonds is 2. The van der Waals surface area contributed by atoms with Crippen LogP contribution in [0, 0.1) is 16.7 Å². The van der Waals surface area contributed by atoms with Crippen LogP contribution in [0.25, 0.3) is 0 Å². The van der Waals surface area contributed by atoms with Gasteiger partial charge in [-0.15, -0.1) is 0 Å². The molecule has 4 aliphatic carbocycles. The van der Waals surface area contributed by atoms with Crippen molar-refractivity contribution in [1.29, 1.82) is 5.41 Å². The highest BCUT2D eigenvalue weighted by atomic mass is 14.9. The zero-order chi connectivity index (χ0) is 20.4. The normalized spacial score (nSPS) is 26.9. The Morgan fingerprint density at radius 1 is 1.07 bits per heavy atom. The first-order valence-corrected chi connectivity index (χ1v) is 11.8. The SMILES string of the molecule is C1=CC2=C(CC1)CCC2.CC.CC(=N)C1(C2=NC3c4ccccc4CC3C2)CC1. The molecule has 0 bridgehead atoms. The van der Waals surface area contributed by atoms with Gasteiger partial charge in [-0.1, -0.05) is 55.8 Å². The van der Waals surface area contributed by atoms with Gasteiger partial charge in [0.25, 0.3) is 0 Å². The summed E-state index contributed by atoms with van der Waals surface area (Å²) in [4.78, 5) is 5.02. The highest BCUT2D eigenvalue weighted by Gasteiger charge is 2.53. The molecule has 29 heavy (non-hydrogen) atoms. The van der Waals surface area contributed by atoms with Gasteiger partial charge in [-0.25, -0.2) is 0 Å². The smallest absolute Gasteiger partial charge is 0.0786 e. The lowest BCUT2D eigenvalue weighted by atomic mass is 9.89. The van der Waals surface area contributed by atoms with E-state index in [9.17, 15) is 0 Å². The summed E-state index contributed by atoms with van der Waals surface area (Å²) < 4.78 is 0. The van der Waals surface area contributed by atoms with Gasteiger partial charge >= 0.3 is 0 Å². The third-order valence-corrected chi connectivity index (χ3v) is 7.38. The molecular formula is C27H36N2. The number of hydrogen-bond donors (Lipinski definition) is 1. The molecule has 1 saturated carbocycles. The van der Waals surface area contributed by atoms with Gasteiger partial charge in [0.05, 0.1) is 6.04 Å². The van der Waals surface area contributed by atoms with E-state index in [1.54, 1.807) is 11.1 Å². The molecule has 1 aliphatic heterocycles. The monoisotopic (exact) mass is 388 g/mol. The molecule has 5 aliphatic rings. The Labute approximate surface area is 176 Å². The van der Waals surface area contributed by atoms with Gasteiger partial charge in [0.15, 0.2) is 0 Å². The van der Waals surface area contributed by atoms with Crippen LogP contribution in [0.15, 0.2) is 52.6 Å². The molecule has 154 valence electrons. The maximum absolute atomic E-state index is 8.00. The Bertz CT molecular complexity index is 866. The average Bonchev–Trinajstić information content (AvgIpc) is 3.10. The summed E-state index contributed by atoms with van der Waals surface area (Å²) >= 11 is 0. The summed E-state index contributed by atoms with van der Waals surface area (Å²) in [5.74, 6) is 0.675. The van der Waals surface area contributed by atoms with Gasteiger partial charge < -0.3 is 5.41 Å². The summed E-state index contributed by atoms with van der Waals surface area (Å²) in [6.45, 7) is 5.96. The predicted molar refractivity (Wildman–Crippen MR) is 124 cm³/mol. The van der Waals surface area contributed by atoms with Crippen LogP contribution in [0.5, 0.6) is 0 Å². The van der Waals surface area contributed by atoms with Crippen molar-refractivity contribution in [2.24, 2.45) is 16.3 Å². The molecule has 2 atom stereocenters. The Kier molecular flexibility index (Phi) is 5.90. The number of nitrogens with zero attached hydrogens (tertiary/aromatic N) is 1. The van der Waals surface area contributed by atoms with E-state index >= 15 is 0 Å². The Hall–Kier alpha value is -1.96. The Morgan fingerprint density at radius 2 is 1.86 bits per heavy atom. The summed E-state index contributed by atoms with van der Waals surface area (Å²) in [7, 11) is 0. The Morgan fingerprint density at radius 3 is 2.59 bits per heavy atom. The molecule has 2 unspecified atom stereocenters. The first kappa shape index (κ1) is 20.3. The van der Waals surface area contributed by atoms with Crippen LogP contribution in [0.4, 0.5) is 0 Å². The topological polar surface area (TPSA) is 36.2 Å². The average molecular weight is 389 g/mol. The summed E-state index contributed by atoms with van der Waals surface area (Å²) in [6, 6.07) is 9.15. The largest absolute Gasteiger partial charge is 0.309 e. The lowest BCUT2D eigenvalue weighted by Crippen LogP contribution is -2.22. The second kappa shape index (κ2) is 8.42. The number of allylic oxidation sites excluding steroid dienone is 4. The third-order valence-electron chi connectivity index (χ3n) is 7.38. The quantitative estimate of drug-likeness (QED) is 0.512. The second-order valence-electron chi connectivity index (χ2n) is 9.02. The van der Waals surface area contributed by atoms with Crippen LogP contribution in [0.3, 0.4) is 0 Å². The predicted octanol–water partition coefficient (Wildman–Crippen LogP) is 7.41. The number of hydrogen-bond acceptors (Lipinski definition) is 2. The number of nitrogens with one attached hydrogen (secondary N) is 1. The molecule has 1 fully saturated rings. The molecule has 1 N–H and O–H groups in total. The summed E-state index contributed by atoms with van der Waals surface area (Å²) in [5, 5.41) is 8.00. The standard InChI is InChI=1S/C16H18N2.C9H12.C2H6/c1-10(17)16(6-7-16)14-9-12-8-11-4-2-3-5-13(11)15(12)18-14;1-2-5-9-7-3-6-8(9)4-1;1-2/h2-5,12,15,17H,6-9H2,1H3;1,4H,2-3,5-7H2;1-2H3. The van der Waals surface area contributed by atoms with E-state index < -0.39 is 0 Å². The fraction of sp³-hybridized carbons (Fsp3) is 0.556. The van der Waals surface area contributed by atoms with Crippen molar-refractivity contribution in [2.75, 3.05) is 0 Å². The maximum atomic E-state index is 8.00. The fourth-order valence-electron chi connectivity index (χ4n) is 5.61. The van der Waals surface area contributed by atoms with Crippen molar-refractivity contribution in [3.8, 4) is 0 Å². The van der Waals surface area contributed by atoms with E-state index in [-0.39, 0.29) is 5.41 Å². The minimum atomic E-state index is 0.0826. The summed E-state index contributed by atoms with van der Waals surface area (Å²) in [6.07, 6.45) is 16.0. The lowest BCUT2D eigenvalue weighted by Gasteiger charge is -2.14. The molecule has 0 amide bonds. The molecule has 1 aromatic rings. The van der Waals surface area contributed by atoms with E-state index in [0.717, 1.165) is 25.0 Å². The van der Waals surface area contributed by atoms with E-state index in [2.05, 4.69) is 36.4 Å². The minimum absolute atomic E-state index is 0.0826. The van der Waals surface area contributed by atoms with Crippen molar-refractivity contribution in [1.82, 2.24) is 0 Å². The zero-order valence-electron chi connectivity index (χ0n) is 18.4. The first-order valence-electron chi connectivity index (χ1n) is 11.8. The number of aliphatic imine (C=N–C) groups is 1. The van der Waals surface area contributed by atoms with E-state index in [0.29, 0.717) is 12.0 Å². The first-order chi connectivity index (χ1) is 14.2. The number of fused-ring (bicyclic) bond motifs is 3. The van der Waals surface area contributed by atoms with E-state index in [1.165, 1.54) is 55.4 Å². The van der Waals surface area contributed by atoms with Gasteiger partial charge in [0.2, 0.25) is 0 Å². The van der Waals surface area contributed by atoms with Gasteiger partial charge in [0, 0.05) is 16.8 Å². The molecule has 1 heterocycles. The summed E-state index contributed by atoms with van der Waals surface area (Å²) in [5.41, 5.74) is 8.58. The second-order valence-corrected chi connectivity index (χ2v) is 9.02. The van der Waals surface area contributed by atoms with Gasteiger partial charge in [-0.2, -0.15) is 0 Å². The molecule has 0 aromatic heterocycles. The van der Waals surface area contributed by atoms with Crippen LogP contribution in [0.1, 0.15) is 89.3 Å². The number of benzene rings is 1. The van der Waals surface area contributed by atoms with Crippen LogP contribution < -0.4 is 0 Å². The van der Waals surface area contributed by atoms with Crippen molar-refractivity contribution >= 4 is 11.4 Å². The Balaban J connectivity index is 0.000000157. The van der Waals surface area contributed by atoms with Crippen molar-refractivity contribution in [2.45, 2.75) is 84.6 Å². The fourth-order valence-corrected chi connectivity index (χ4v) is 5.61. The molecule has 0 radical (unpaired) electrons. The van der Waals surface area contributed by atoms with Crippen LogP contribution >= 0.6 is 0 Å². The van der Waals surface area contributed by atoms with Gasteiger partial charge in [0.1, 0.15) is 0 Å². The van der Waals surface area contributed by atoms with E-state index in [1.807, 2.05) is 20.8 Å². The molecule has 6 rings (SSSR count). The highest BCUT2D eigenvalue weighted by molar-refractivity contribution is 6.13. The lowest BCUT2D eigenvalue weighted by molar-refractivity contribution is 0.520. The van der Waals surface area contributed by atoms with Crippen LogP contribution in [0.2, 0.25) is 0 Å². The maximum Gasteiger partial charge on any atom is 0.0786 e. The van der Waals surface area contributed by atoms with Crippen molar-refractivity contribution < 1.29 is 0 Å². The molecule has 1 aromatic carbocycles. The van der Waals surface area contributed by atoms with Crippen LogP contribution in [-0.2, 0) is 6.42 Å². The molecule has 2 heteroatoms. The van der Waals surface area contributed by atoms with E-state index in [4.69, 9.17) is 10.4 Å². The minimum Gasteiger partial charge on any atom is -0.309 e. The van der Waals surface area contributed by atoms with Gasteiger partial charge in [-0.3, -0.25) is 4.99 Å². The molecule has 2 nitrogen and oxygen atoms in total. The van der Waals surface area contributed by atoms with Crippen molar-refractivity contribution in [3.63, 3.8) is 0 Å². The molecule has 0 saturated heterocycles. The van der Waals surface area contributed by atoms with Crippen LogP contribution in [-0.4, -0.2) is 11.4 Å². The molecule has 0 spiro atoms.